The second-order valence-electron chi connectivity index (χ2n) is 2.98. The molecule has 0 amide bonds. The molecule has 2 rings (SSSR count). The fraction of sp³-hybridized carbons (Fsp3) is 0.111. The third kappa shape index (κ3) is 1.39. The molecule has 5 heteroatoms. The molecule has 0 aliphatic heterocycles. The van der Waals surface area contributed by atoms with E-state index in [0.29, 0.717) is 17.1 Å². The smallest absolute Gasteiger partial charge is 0.250 e. The number of hydrogen-bond donors (Lipinski definition) is 1. The Morgan fingerprint density at radius 1 is 1.50 bits per heavy atom. The molecule has 0 saturated heterocycles. The van der Waals surface area contributed by atoms with Crippen LogP contribution in [0.5, 0.6) is 0 Å². The van der Waals surface area contributed by atoms with Gasteiger partial charge in [0.05, 0.1) is 0 Å². The number of nitrogens with zero attached hydrogens (tertiary/aromatic N) is 2. The molecule has 2 aromatic heterocycles. The molecule has 72 valence electrons. The number of nitrogens with two attached hydrogens (primary N) is 1. The first-order chi connectivity index (χ1) is 6.66. The zero-order valence-electron chi connectivity index (χ0n) is 7.60. The first kappa shape index (κ1) is 8.55. The maximum Gasteiger partial charge on any atom is 0.250 e. The second kappa shape index (κ2) is 3.02. The van der Waals surface area contributed by atoms with Crippen LogP contribution in [0.15, 0.2) is 33.7 Å². The van der Waals surface area contributed by atoms with Crippen LogP contribution in [0.3, 0.4) is 0 Å². The molecule has 0 aliphatic carbocycles. The lowest BCUT2D eigenvalue weighted by atomic mass is 10.2. The van der Waals surface area contributed by atoms with Crippen molar-refractivity contribution in [3.8, 4) is 11.3 Å². The van der Waals surface area contributed by atoms with Gasteiger partial charge < -0.3 is 14.8 Å². The highest BCUT2D eigenvalue weighted by molar-refractivity contribution is 5.58. The van der Waals surface area contributed by atoms with Gasteiger partial charge in [-0.3, -0.25) is 4.79 Å². The Hall–Kier alpha value is -2.04. The summed E-state index contributed by atoms with van der Waals surface area (Å²) in [6, 6.07) is 4.82. The van der Waals surface area contributed by atoms with Gasteiger partial charge in [0.25, 0.3) is 5.56 Å². The quantitative estimate of drug-likeness (QED) is 0.717. The summed E-state index contributed by atoms with van der Waals surface area (Å²) in [6.45, 7) is 0. The van der Waals surface area contributed by atoms with E-state index in [2.05, 4.69) is 5.16 Å². The molecule has 14 heavy (non-hydrogen) atoms. The summed E-state index contributed by atoms with van der Waals surface area (Å²) in [5.74, 6) is 0.806. The van der Waals surface area contributed by atoms with Crippen LogP contribution in [0, 0.1) is 0 Å². The van der Waals surface area contributed by atoms with Gasteiger partial charge in [-0.1, -0.05) is 5.16 Å². The van der Waals surface area contributed by atoms with Crippen LogP contribution in [0.25, 0.3) is 11.3 Å². The average Bonchev–Trinajstić information content (AvgIpc) is 2.57. The summed E-state index contributed by atoms with van der Waals surface area (Å²) in [6.07, 6.45) is 1.66. The van der Waals surface area contributed by atoms with Crippen LogP contribution >= 0.6 is 0 Å². The largest absolute Gasteiger partial charge is 0.381 e. The number of rotatable bonds is 1. The molecular weight excluding hydrogens is 182 g/mol. The van der Waals surface area contributed by atoms with E-state index >= 15 is 0 Å². The van der Waals surface area contributed by atoms with E-state index in [9.17, 15) is 4.79 Å². The van der Waals surface area contributed by atoms with E-state index in [-0.39, 0.29) is 5.56 Å². The summed E-state index contributed by atoms with van der Waals surface area (Å²) in [7, 11) is 1.68. The van der Waals surface area contributed by atoms with Crippen molar-refractivity contribution in [1.82, 2.24) is 9.72 Å². The molecule has 2 heterocycles. The van der Waals surface area contributed by atoms with Crippen LogP contribution in [-0.4, -0.2) is 9.72 Å². The molecular formula is C9H9N3O2. The molecule has 2 N–H and O–H groups in total. The Kier molecular flexibility index (Phi) is 1.85. The Bertz CT molecular complexity index is 513. The van der Waals surface area contributed by atoms with E-state index in [1.165, 1.54) is 10.6 Å². The fourth-order valence-corrected chi connectivity index (χ4v) is 1.13. The van der Waals surface area contributed by atoms with E-state index in [1.807, 2.05) is 0 Å². The van der Waals surface area contributed by atoms with E-state index in [4.69, 9.17) is 10.3 Å². The topological polar surface area (TPSA) is 74.1 Å². The second-order valence-corrected chi connectivity index (χ2v) is 2.98. The van der Waals surface area contributed by atoms with Gasteiger partial charge in [0.15, 0.2) is 11.6 Å². The lowest BCUT2D eigenvalue weighted by molar-refractivity contribution is 0.435. The molecule has 0 bridgehead atoms. The first-order valence-electron chi connectivity index (χ1n) is 4.06. The van der Waals surface area contributed by atoms with E-state index in [1.54, 1.807) is 25.4 Å². The highest BCUT2D eigenvalue weighted by Crippen LogP contribution is 2.18. The number of anilines is 1. The van der Waals surface area contributed by atoms with Gasteiger partial charge in [-0.25, -0.2) is 0 Å². The maximum absolute atomic E-state index is 11.3. The zero-order valence-corrected chi connectivity index (χ0v) is 7.60. The van der Waals surface area contributed by atoms with Gasteiger partial charge in [0.1, 0.15) is 0 Å². The van der Waals surface area contributed by atoms with Crippen molar-refractivity contribution in [3.05, 3.63) is 34.7 Å². The fourth-order valence-electron chi connectivity index (χ4n) is 1.13. The van der Waals surface area contributed by atoms with Crippen LogP contribution in [-0.2, 0) is 7.05 Å². The molecule has 0 aliphatic rings. The molecule has 0 saturated carbocycles. The summed E-state index contributed by atoms with van der Waals surface area (Å²) in [4.78, 5) is 11.3. The standard InChI is InChI=1S/C9H9N3O2/c1-12-3-2-6(4-9(12)13)7-5-8(10)11-14-7/h2-5H,1H3,(H2,10,11). The summed E-state index contributed by atoms with van der Waals surface area (Å²) < 4.78 is 6.40. The predicted octanol–water partition coefficient (Wildman–Crippen LogP) is 0.622. The van der Waals surface area contributed by atoms with Gasteiger partial charge in [0.2, 0.25) is 0 Å². The van der Waals surface area contributed by atoms with Crippen molar-refractivity contribution in [2.24, 2.45) is 7.05 Å². The van der Waals surface area contributed by atoms with Crippen molar-refractivity contribution in [1.29, 1.82) is 0 Å². The molecule has 0 spiro atoms. The van der Waals surface area contributed by atoms with Crippen molar-refractivity contribution < 1.29 is 4.52 Å². The first-order valence-corrected chi connectivity index (χ1v) is 4.06. The Morgan fingerprint density at radius 2 is 2.29 bits per heavy atom. The Morgan fingerprint density at radius 3 is 2.86 bits per heavy atom. The van der Waals surface area contributed by atoms with E-state index < -0.39 is 0 Å². The molecule has 2 aromatic rings. The molecule has 0 aromatic carbocycles. The van der Waals surface area contributed by atoms with Gasteiger partial charge in [-0.05, 0) is 6.07 Å². The molecule has 0 radical (unpaired) electrons. The zero-order chi connectivity index (χ0) is 10.1. The third-order valence-electron chi connectivity index (χ3n) is 1.92. The molecule has 0 fully saturated rings. The van der Waals surface area contributed by atoms with E-state index in [0.717, 1.165) is 0 Å². The van der Waals surface area contributed by atoms with Crippen LogP contribution < -0.4 is 11.3 Å². The van der Waals surface area contributed by atoms with Crippen LogP contribution in [0.1, 0.15) is 0 Å². The van der Waals surface area contributed by atoms with Gasteiger partial charge >= 0.3 is 0 Å². The third-order valence-corrected chi connectivity index (χ3v) is 1.92. The van der Waals surface area contributed by atoms with Crippen LogP contribution in [0.2, 0.25) is 0 Å². The lowest BCUT2D eigenvalue weighted by Gasteiger charge is -1.97. The Labute approximate surface area is 79.7 Å². The number of aryl methyl sites for hydroxylation is 1. The minimum Gasteiger partial charge on any atom is -0.381 e. The molecule has 0 unspecified atom stereocenters. The number of pyridine rings is 1. The maximum atomic E-state index is 11.3. The lowest BCUT2D eigenvalue weighted by Crippen LogP contribution is -2.13. The van der Waals surface area contributed by atoms with Crippen molar-refractivity contribution in [2.75, 3.05) is 5.73 Å². The molecule has 0 atom stereocenters. The SMILES string of the molecule is Cn1ccc(-c2cc(N)no2)cc1=O. The highest BCUT2D eigenvalue weighted by atomic mass is 16.5. The van der Waals surface area contributed by atoms with Crippen molar-refractivity contribution >= 4 is 5.82 Å². The summed E-state index contributed by atoms with van der Waals surface area (Å²) >= 11 is 0. The van der Waals surface area contributed by atoms with Gasteiger partial charge in [0, 0.05) is 30.9 Å². The summed E-state index contributed by atoms with van der Waals surface area (Å²) in [5, 5.41) is 3.54. The predicted molar refractivity (Wildman–Crippen MR) is 51.6 cm³/mol. The van der Waals surface area contributed by atoms with Gasteiger partial charge in [-0.15, -0.1) is 0 Å². The number of nitrogen functional groups attached to an aromatic ring is 1. The summed E-state index contributed by atoms with van der Waals surface area (Å²) in [5.41, 5.74) is 5.97. The molecule has 5 nitrogen and oxygen atoms in total. The normalized spacial score (nSPS) is 10.4. The minimum atomic E-state index is -0.0996. The number of aromatic nitrogens is 2. The highest BCUT2D eigenvalue weighted by Gasteiger charge is 2.05. The minimum absolute atomic E-state index is 0.0996. The monoisotopic (exact) mass is 191 g/mol. The van der Waals surface area contributed by atoms with Crippen molar-refractivity contribution in [2.45, 2.75) is 0 Å². The van der Waals surface area contributed by atoms with Crippen LogP contribution in [0.4, 0.5) is 5.82 Å². The van der Waals surface area contributed by atoms with Gasteiger partial charge in [-0.2, -0.15) is 0 Å². The van der Waals surface area contributed by atoms with Crippen molar-refractivity contribution in [3.63, 3.8) is 0 Å². The average molecular weight is 191 g/mol. The number of hydrogen-bond acceptors (Lipinski definition) is 4. The Balaban J connectivity index is 2.53.